The number of hydrogen-bond donors (Lipinski definition) is 1. The summed E-state index contributed by atoms with van der Waals surface area (Å²) >= 11 is 6.19. The number of hydrogen-bond acceptors (Lipinski definition) is 3. The van der Waals surface area contributed by atoms with Gasteiger partial charge in [0.25, 0.3) is 0 Å². The standard InChI is InChI=1S/C16H20ClN3/c1-2-9-20(11-13-3-5-15(18)6-4-13)12-14-7-8-19-10-16(14)17/h3-8,10H,2,9,11-12,18H2,1H3. The van der Waals surface area contributed by atoms with E-state index in [0.717, 1.165) is 42.3 Å². The molecule has 0 saturated carbocycles. The van der Waals surface area contributed by atoms with Crippen molar-refractivity contribution in [1.29, 1.82) is 0 Å². The Bertz CT molecular complexity index is 540. The molecule has 2 rings (SSSR count). The van der Waals surface area contributed by atoms with Crippen molar-refractivity contribution in [2.75, 3.05) is 12.3 Å². The largest absolute Gasteiger partial charge is 0.399 e. The van der Waals surface area contributed by atoms with Gasteiger partial charge in [-0.05, 0) is 42.3 Å². The lowest BCUT2D eigenvalue weighted by molar-refractivity contribution is 0.257. The fourth-order valence-corrected chi connectivity index (χ4v) is 2.36. The van der Waals surface area contributed by atoms with E-state index in [9.17, 15) is 0 Å². The van der Waals surface area contributed by atoms with Gasteiger partial charge in [-0.25, -0.2) is 0 Å². The maximum absolute atomic E-state index is 6.19. The van der Waals surface area contributed by atoms with Crippen LogP contribution >= 0.6 is 11.6 Å². The molecule has 0 spiro atoms. The third-order valence-electron chi connectivity index (χ3n) is 3.18. The summed E-state index contributed by atoms with van der Waals surface area (Å²) in [5, 5.41) is 0.728. The zero-order valence-electron chi connectivity index (χ0n) is 11.7. The number of pyridine rings is 1. The van der Waals surface area contributed by atoms with Crippen molar-refractivity contribution < 1.29 is 0 Å². The molecule has 1 aromatic carbocycles. The van der Waals surface area contributed by atoms with Crippen LogP contribution in [0.2, 0.25) is 5.02 Å². The van der Waals surface area contributed by atoms with Crippen LogP contribution in [-0.4, -0.2) is 16.4 Å². The molecule has 3 nitrogen and oxygen atoms in total. The van der Waals surface area contributed by atoms with Gasteiger partial charge in [-0.3, -0.25) is 9.88 Å². The Morgan fingerprint density at radius 3 is 2.55 bits per heavy atom. The average molecular weight is 290 g/mol. The predicted octanol–water partition coefficient (Wildman–Crippen LogP) is 3.73. The van der Waals surface area contributed by atoms with Crippen molar-refractivity contribution >= 4 is 17.3 Å². The molecule has 0 atom stereocenters. The Balaban J connectivity index is 2.07. The highest BCUT2D eigenvalue weighted by Crippen LogP contribution is 2.18. The molecule has 0 bridgehead atoms. The quantitative estimate of drug-likeness (QED) is 0.824. The molecule has 2 N–H and O–H groups in total. The highest BCUT2D eigenvalue weighted by atomic mass is 35.5. The van der Waals surface area contributed by atoms with Crippen molar-refractivity contribution in [3.05, 3.63) is 58.9 Å². The molecule has 0 aliphatic heterocycles. The second-order valence-corrected chi connectivity index (χ2v) is 5.33. The van der Waals surface area contributed by atoms with Crippen molar-refractivity contribution in [3.63, 3.8) is 0 Å². The van der Waals surface area contributed by atoms with Gasteiger partial charge >= 0.3 is 0 Å². The SMILES string of the molecule is CCCN(Cc1ccc(N)cc1)Cc1ccncc1Cl. The summed E-state index contributed by atoms with van der Waals surface area (Å²) in [6.07, 6.45) is 4.59. The molecule has 0 saturated heterocycles. The number of anilines is 1. The number of nitrogen functional groups attached to an aromatic ring is 1. The van der Waals surface area contributed by atoms with E-state index in [1.165, 1.54) is 5.56 Å². The normalized spacial score (nSPS) is 10.9. The minimum Gasteiger partial charge on any atom is -0.399 e. The number of aromatic nitrogens is 1. The fourth-order valence-electron chi connectivity index (χ4n) is 2.18. The summed E-state index contributed by atoms with van der Waals surface area (Å²) in [6, 6.07) is 10.0. The van der Waals surface area contributed by atoms with Gasteiger partial charge in [0.1, 0.15) is 0 Å². The lowest BCUT2D eigenvalue weighted by Crippen LogP contribution is -2.23. The van der Waals surface area contributed by atoms with Gasteiger partial charge in [0, 0.05) is 31.2 Å². The highest BCUT2D eigenvalue weighted by molar-refractivity contribution is 6.31. The van der Waals surface area contributed by atoms with Crippen LogP contribution in [0, 0.1) is 0 Å². The lowest BCUT2D eigenvalue weighted by Gasteiger charge is -2.22. The molecule has 2 aromatic rings. The van der Waals surface area contributed by atoms with E-state index in [2.05, 4.69) is 28.9 Å². The van der Waals surface area contributed by atoms with E-state index in [4.69, 9.17) is 17.3 Å². The molecule has 1 heterocycles. The second-order valence-electron chi connectivity index (χ2n) is 4.92. The van der Waals surface area contributed by atoms with E-state index in [0.29, 0.717) is 0 Å². The van der Waals surface area contributed by atoms with Crippen LogP contribution in [0.4, 0.5) is 5.69 Å². The van der Waals surface area contributed by atoms with Gasteiger partial charge in [0.15, 0.2) is 0 Å². The third kappa shape index (κ3) is 4.22. The van der Waals surface area contributed by atoms with Crippen molar-refractivity contribution in [2.24, 2.45) is 0 Å². The molecule has 4 heteroatoms. The Morgan fingerprint density at radius 2 is 1.90 bits per heavy atom. The van der Waals surface area contributed by atoms with Gasteiger partial charge in [0.2, 0.25) is 0 Å². The molecule has 1 aromatic heterocycles. The van der Waals surface area contributed by atoms with Gasteiger partial charge < -0.3 is 5.73 Å². The monoisotopic (exact) mass is 289 g/mol. The zero-order chi connectivity index (χ0) is 14.4. The number of benzene rings is 1. The first-order valence-electron chi connectivity index (χ1n) is 6.84. The molecule has 0 amide bonds. The third-order valence-corrected chi connectivity index (χ3v) is 3.52. The summed E-state index contributed by atoms with van der Waals surface area (Å²) in [6.45, 7) is 4.94. The molecular weight excluding hydrogens is 270 g/mol. The molecule has 106 valence electrons. The van der Waals surface area contributed by atoms with Crippen LogP contribution < -0.4 is 5.73 Å². The van der Waals surface area contributed by atoms with Crippen molar-refractivity contribution in [3.8, 4) is 0 Å². The zero-order valence-corrected chi connectivity index (χ0v) is 12.5. The summed E-state index contributed by atoms with van der Waals surface area (Å²) in [5.74, 6) is 0. The molecule has 0 unspecified atom stereocenters. The predicted molar refractivity (Wildman–Crippen MR) is 84.5 cm³/mol. The molecule has 0 aliphatic carbocycles. The fraction of sp³-hybridized carbons (Fsp3) is 0.312. The topological polar surface area (TPSA) is 42.1 Å². The Morgan fingerprint density at radius 1 is 1.15 bits per heavy atom. The van der Waals surface area contributed by atoms with Crippen LogP contribution in [0.25, 0.3) is 0 Å². The van der Waals surface area contributed by atoms with E-state index < -0.39 is 0 Å². The van der Waals surface area contributed by atoms with Crippen LogP contribution in [0.15, 0.2) is 42.7 Å². The van der Waals surface area contributed by atoms with Crippen molar-refractivity contribution in [1.82, 2.24) is 9.88 Å². The summed E-state index contributed by atoms with van der Waals surface area (Å²) in [7, 11) is 0. The minimum atomic E-state index is 0.728. The second kappa shape index (κ2) is 7.27. The first kappa shape index (κ1) is 14.8. The van der Waals surface area contributed by atoms with Crippen LogP contribution in [0.1, 0.15) is 24.5 Å². The lowest BCUT2D eigenvalue weighted by atomic mass is 10.1. The maximum atomic E-state index is 6.19. The first-order chi connectivity index (χ1) is 9.69. The van der Waals surface area contributed by atoms with Gasteiger partial charge in [-0.2, -0.15) is 0 Å². The summed E-state index contributed by atoms with van der Waals surface area (Å²) < 4.78 is 0. The van der Waals surface area contributed by atoms with E-state index in [-0.39, 0.29) is 0 Å². The molecular formula is C16H20ClN3. The number of nitrogens with zero attached hydrogens (tertiary/aromatic N) is 2. The van der Waals surface area contributed by atoms with Crippen LogP contribution in [0.3, 0.4) is 0 Å². The van der Waals surface area contributed by atoms with Gasteiger partial charge in [-0.1, -0.05) is 30.7 Å². The van der Waals surface area contributed by atoms with Gasteiger partial charge in [0.05, 0.1) is 5.02 Å². The maximum Gasteiger partial charge on any atom is 0.0634 e. The minimum absolute atomic E-state index is 0.728. The van der Waals surface area contributed by atoms with Crippen LogP contribution in [0.5, 0.6) is 0 Å². The first-order valence-corrected chi connectivity index (χ1v) is 7.22. The Hall–Kier alpha value is -1.58. The smallest absolute Gasteiger partial charge is 0.0634 e. The highest BCUT2D eigenvalue weighted by Gasteiger charge is 2.08. The van der Waals surface area contributed by atoms with Gasteiger partial charge in [-0.15, -0.1) is 0 Å². The van der Waals surface area contributed by atoms with Crippen LogP contribution in [-0.2, 0) is 13.1 Å². The molecule has 0 radical (unpaired) electrons. The summed E-state index contributed by atoms with van der Waals surface area (Å²) in [4.78, 5) is 6.41. The Labute approximate surface area is 125 Å². The van der Waals surface area contributed by atoms with E-state index in [1.54, 1.807) is 12.4 Å². The number of halogens is 1. The van der Waals surface area contributed by atoms with Crippen molar-refractivity contribution in [2.45, 2.75) is 26.4 Å². The molecule has 0 aliphatic rings. The molecule has 20 heavy (non-hydrogen) atoms. The summed E-state index contributed by atoms with van der Waals surface area (Å²) in [5.41, 5.74) is 8.90. The van der Waals surface area contributed by atoms with E-state index in [1.807, 2.05) is 18.2 Å². The Kier molecular flexibility index (Phi) is 5.39. The number of nitrogens with two attached hydrogens (primary N) is 1. The van der Waals surface area contributed by atoms with E-state index >= 15 is 0 Å². The number of rotatable bonds is 6. The average Bonchev–Trinajstić information content (AvgIpc) is 2.44. The molecule has 0 fully saturated rings.